The third-order valence-electron chi connectivity index (χ3n) is 18.9. The molecule has 0 N–H and O–H groups in total. The largest absolute Gasteiger partial charge is 0.207 e. The lowest BCUT2D eigenvalue weighted by molar-refractivity contribution is 0.511. The predicted octanol–water partition coefficient (Wildman–Crippen LogP) is 29.9. The van der Waals surface area contributed by atoms with Gasteiger partial charge in [0, 0.05) is 43.3 Å². The van der Waals surface area contributed by atoms with Crippen LogP contribution in [-0.2, 0) is 0 Å². The molecular formula is C96H80F16. The van der Waals surface area contributed by atoms with Crippen LogP contribution < -0.4 is 0 Å². The molecule has 0 aliphatic carbocycles. The predicted molar refractivity (Wildman–Crippen MR) is 427 cm³/mol. The number of halogens is 16. The van der Waals surface area contributed by atoms with E-state index in [9.17, 15) is 70.2 Å². The lowest BCUT2D eigenvalue weighted by Gasteiger charge is -2.05. The van der Waals surface area contributed by atoms with E-state index in [0.29, 0.717) is 109 Å². The van der Waals surface area contributed by atoms with E-state index in [4.69, 9.17) is 0 Å². The molecule has 576 valence electrons. The van der Waals surface area contributed by atoms with Crippen molar-refractivity contribution in [2.45, 2.75) is 111 Å². The summed E-state index contributed by atoms with van der Waals surface area (Å²) in [6.45, 7) is 27.2. The summed E-state index contributed by atoms with van der Waals surface area (Å²) in [5, 5.41) is 7.61. The molecule has 0 saturated heterocycles. The number of hydrogen-bond donors (Lipinski definition) is 0. The molecule has 0 radical (unpaired) electrons. The monoisotopic (exact) mass is 1540 g/mol. The van der Waals surface area contributed by atoms with Gasteiger partial charge in [0.25, 0.3) is 0 Å². The van der Waals surface area contributed by atoms with Crippen LogP contribution in [0.25, 0.3) is 86.2 Å². The zero-order valence-electron chi connectivity index (χ0n) is 64.5. The average Bonchev–Trinajstić information content (AvgIpc) is 0.884. The van der Waals surface area contributed by atoms with Gasteiger partial charge in [-0.3, -0.25) is 0 Å². The molecule has 0 bridgehead atoms. The van der Waals surface area contributed by atoms with Crippen LogP contribution in [0.3, 0.4) is 0 Å². The zero-order valence-corrected chi connectivity index (χ0v) is 64.5. The summed E-state index contributed by atoms with van der Waals surface area (Å²) in [4.78, 5) is 0. The minimum Gasteiger partial charge on any atom is -0.207 e. The van der Waals surface area contributed by atoms with Gasteiger partial charge in [-0.1, -0.05) is 120 Å². The van der Waals surface area contributed by atoms with Crippen LogP contribution in [-0.4, -0.2) is 0 Å². The third-order valence-corrected chi connectivity index (χ3v) is 18.9. The highest BCUT2D eigenvalue weighted by molar-refractivity contribution is 5.90. The molecule has 0 fully saturated rings. The van der Waals surface area contributed by atoms with Crippen molar-refractivity contribution in [1.82, 2.24) is 0 Å². The lowest BCUT2D eigenvalue weighted by Crippen LogP contribution is -1.91. The van der Waals surface area contributed by atoms with Crippen molar-refractivity contribution in [2.75, 3.05) is 0 Å². The molecule has 16 heteroatoms. The van der Waals surface area contributed by atoms with E-state index in [-0.39, 0.29) is 62.9 Å². The number of benzene rings is 16. The molecule has 0 atom stereocenters. The van der Waals surface area contributed by atoms with Crippen LogP contribution in [0.4, 0.5) is 70.2 Å². The van der Waals surface area contributed by atoms with Gasteiger partial charge in [0.2, 0.25) is 0 Å². The Kier molecular flexibility index (Phi) is 26.9. The first-order chi connectivity index (χ1) is 52.7. The maximum atomic E-state index is 13.6. The number of rotatable bonds is 0. The van der Waals surface area contributed by atoms with Crippen LogP contribution in [0.15, 0.2) is 194 Å². The standard InChI is InChI=1S/8C12H10F2/c2*1-7-3-9-6-11(13)8(2)5-10(9)12(14)4-7;2*1-7-5-9-4-3-8(2)12(14)11(9)10(13)6-7;1-7-3-4-9-5-8(2)11(13)6-10(9)12(7)14;1-7-3-4-10-9(5-7)6-11(13)8(2)12(10)14;1-7-3-4-9-10(5-7)11(13)6-8(2)12(9)14;1-7-3-4-9-6-8(2)11(13)12(14)10(9)5-7/h8*3-6H,1-2H3. The Morgan fingerprint density at radius 3 is 0.955 bits per heavy atom. The van der Waals surface area contributed by atoms with Crippen LogP contribution in [0, 0.1) is 204 Å². The topological polar surface area (TPSA) is 0 Å². The molecule has 0 spiro atoms. The second kappa shape index (κ2) is 35.7. The van der Waals surface area contributed by atoms with Gasteiger partial charge in [0.1, 0.15) is 81.4 Å². The summed E-state index contributed by atoms with van der Waals surface area (Å²) >= 11 is 0. The van der Waals surface area contributed by atoms with E-state index in [2.05, 4.69) is 0 Å². The van der Waals surface area contributed by atoms with Gasteiger partial charge < -0.3 is 0 Å². The SMILES string of the molecule is Cc1cc(F)c2c(F)c(C)ccc2c1.Cc1cc(F)c2c(F)c(C)ccc2c1.Cc1cc(F)c2cc(C)c(F)cc2c1.Cc1cc(F)c2cc(C)c(F)cc2c1.Cc1cc2ccc(C)c(F)c2cc1F.Cc1ccc2c(F)c(C)c(F)cc2c1.Cc1ccc2c(F)c(C)cc(F)c2c1.Cc1ccc2cc(C)c(F)c(F)c2c1. The fourth-order valence-corrected chi connectivity index (χ4v) is 12.7. The first-order valence-electron chi connectivity index (χ1n) is 35.5. The van der Waals surface area contributed by atoms with Gasteiger partial charge in [0.15, 0.2) is 11.6 Å². The van der Waals surface area contributed by atoms with Crippen LogP contribution in [0.1, 0.15) is 89.0 Å². The minimum absolute atomic E-state index is 0.0846. The quantitative estimate of drug-likeness (QED) is 0.133. The molecule has 0 heterocycles. The molecule has 0 saturated carbocycles. The van der Waals surface area contributed by atoms with Crippen molar-refractivity contribution >= 4 is 86.2 Å². The van der Waals surface area contributed by atoms with Gasteiger partial charge >= 0.3 is 0 Å². The van der Waals surface area contributed by atoms with Gasteiger partial charge in [0.05, 0.1) is 10.8 Å². The molecule has 0 amide bonds. The maximum Gasteiger partial charge on any atom is 0.166 e. The minimum atomic E-state index is -0.747. The Bertz CT molecular complexity index is 6040. The smallest absolute Gasteiger partial charge is 0.166 e. The Balaban J connectivity index is 0.000000147. The molecule has 0 nitrogen and oxygen atoms in total. The number of fused-ring (bicyclic) bond motifs is 8. The molecule has 0 aromatic heterocycles. The van der Waals surface area contributed by atoms with Crippen molar-refractivity contribution in [2.24, 2.45) is 0 Å². The highest BCUT2D eigenvalue weighted by Gasteiger charge is 2.16. The van der Waals surface area contributed by atoms with E-state index < -0.39 is 46.5 Å². The van der Waals surface area contributed by atoms with E-state index in [1.165, 1.54) is 61.5 Å². The summed E-state index contributed by atoms with van der Waals surface area (Å²) in [5.74, 6) is -6.86. The highest BCUT2D eigenvalue weighted by atomic mass is 19.2. The molecule has 16 aromatic rings. The van der Waals surface area contributed by atoms with E-state index >= 15 is 0 Å². The zero-order chi connectivity index (χ0) is 82.3. The normalized spacial score (nSPS) is 10.9. The van der Waals surface area contributed by atoms with Crippen molar-refractivity contribution in [3.8, 4) is 0 Å². The summed E-state index contributed by atoms with van der Waals surface area (Å²) < 4.78 is 214. The Labute approximate surface area is 640 Å². The van der Waals surface area contributed by atoms with Crippen molar-refractivity contribution in [1.29, 1.82) is 0 Å². The van der Waals surface area contributed by atoms with Gasteiger partial charge in [-0.05, 0) is 306 Å². The Morgan fingerprint density at radius 2 is 0.464 bits per heavy atom. The van der Waals surface area contributed by atoms with E-state index in [1.54, 1.807) is 210 Å². The fraction of sp³-hybridized carbons (Fsp3) is 0.167. The van der Waals surface area contributed by atoms with Crippen molar-refractivity contribution in [3.05, 3.63) is 376 Å². The lowest BCUT2D eigenvalue weighted by atomic mass is 10.0. The fourth-order valence-electron chi connectivity index (χ4n) is 12.7. The highest BCUT2D eigenvalue weighted by Crippen LogP contribution is 2.32. The Hall–Kier alpha value is -11.5. The molecule has 16 rings (SSSR count). The van der Waals surface area contributed by atoms with Crippen molar-refractivity contribution < 1.29 is 70.2 Å². The summed E-state index contributed by atoms with van der Waals surface area (Å²) in [6.07, 6.45) is 0. The van der Waals surface area contributed by atoms with Crippen LogP contribution >= 0.6 is 0 Å². The second-order valence-electron chi connectivity index (χ2n) is 28.3. The first kappa shape index (κ1) is 84.5. The van der Waals surface area contributed by atoms with Crippen molar-refractivity contribution in [3.63, 3.8) is 0 Å². The van der Waals surface area contributed by atoms with Gasteiger partial charge in [-0.15, -0.1) is 0 Å². The first-order valence-corrected chi connectivity index (χ1v) is 35.5. The average molecular weight is 1540 g/mol. The molecule has 112 heavy (non-hydrogen) atoms. The summed E-state index contributed by atoms with van der Waals surface area (Å²) in [7, 11) is 0. The molecule has 0 unspecified atom stereocenters. The second-order valence-corrected chi connectivity index (χ2v) is 28.3. The van der Waals surface area contributed by atoms with Crippen LogP contribution in [0.5, 0.6) is 0 Å². The number of hydrogen-bond acceptors (Lipinski definition) is 0. The molecule has 0 aliphatic rings. The summed E-state index contributed by atoms with van der Waals surface area (Å²) in [6, 6.07) is 51.8. The molecule has 16 aromatic carbocycles. The third kappa shape index (κ3) is 19.6. The van der Waals surface area contributed by atoms with E-state index in [1.807, 2.05) is 32.9 Å². The maximum absolute atomic E-state index is 13.6. The van der Waals surface area contributed by atoms with E-state index in [0.717, 1.165) is 49.7 Å². The van der Waals surface area contributed by atoms with Gasteiger partial charge in [-0.25, -0.2) is 70.2 Å². The molecule has 0 aliphatic heterocycles. The molecular weight excluding hydrogens is 1460 g/mol. The summed E-state index contributed by atoms with van der Waals surface area (Å²) in [5.41, 5.74) is 9.83. The van der Waals surface area contributed by atoms with Crippen LogP contribution in [0.2, 0.25) is 0 Å². The number of aryl methyl sites for hydroxylation is 15. The Morgan fingerprint density at radius 1 is 0.143 bits per heavy atom. The van der Waals surface area contributed by atoms with Gasteiger partial charge in [-0.2, -0.15) is 0 Å².